The maximum absolute atomic E-state index is 11.6. The van der Waals surface area contributed by atoms with E-state index in [4.69, 9.17) is 0 Å². The van der Waals surface area contributed by atoms with Crippen molar-refractivity contribution in [3.05, 3.63) is 29.2 Å². The highest BCUT2D eigenvalue weighted by atomic mass is 16.3. The number of anilines is 2. The SMILES string of the molecule is CCC1C(=O)Nc2ccccc2N1N=O. The Hall–Kier alpha value is -1.91. The van der Waals surface area contributed by atoms with Crippen LogP contribution in [-0.2, 0) is 4.79 Å². The van der Waals surface area contributed by atoms with Crippen molar-refractivity contribution >= 4 is 17.3 Å². The minimum absolute atomic E-state index is 0.184. The molecule has 1 aliphatic heterocycles. The molecule has 0 aromatic heterocycles. The lowest BCUT2D eigenvalue weighted by Gasteiger charge is -2.30. The highest BCUT2D eigenvalue weighted by molar-refractivity contribution is 6.03. The molecule has 1 unspecified atom stereocenters. The molecule has 5 heteroatoms. The summed E-state index contributed by atoms with van der Waals surface area (Å²) >= 11 is 0. The van der Waals surface area contributed by atoms with Crippen LogP contribution in [0.2, 0.25) is 0 Å². The van der Waals surface area contributed by atoms with E-state index in [-0.39, 0.29) is 5.91 Å². The van der Waals surface area contributed by atoms with Crippen molar-refractivity contribution in [2.75, 3.05) is 10.3 Å². The third kappa shape index (κ3) is 1.45. The smallest absolute Gasteiger partial charge is 0.249 e. The zero-order chi connectivity index (χ0) is 10.8. The summed E-state index contributed by atoms with van der Waals surface area (Å²) in [7, 11) is 0. The van der Waals surface area contributed by atoms with Crippen molar-refractivity contribution in [1.82, 2.24) is 0 Å². The molecule has 0 bridgehead atoms. The molecule has 1 aromatic carbocycles. The lowest BCUT2D eigenvalue weighted by atomic mass is 10.1. The van der Waals surface area contributed by atoms with Gasteiger partial charge in [-0.2, -0.15) is 0 Å². The molecule has 0 aliphatic carbocycles. The molecule has 78 valence electrons. The predicted octanol–water partition coefficient (Wildman–Crippen LogP) is 1.91. The van der Waals surface area contributed by atoms with Gasteiger partial charge in [-0.25, -0.2) is 5.01 Å². The fraction of sp³-hybridized carbons (Fsp3) is 0.300. The van der Waals surface area contributed by atoms with Crippen LogP contribution in [0.3, 0.4) is 0 Å². The van der Waals surface area contributed by atoms with Crippen molar-refractivity contribution in [1.29, 1.82) is 0 Å². The molecule has 1 atom stereocenters. The highest BCUT2D eigenvalue weighted by Gasteiger charge is 2.32. The number of para-hydroxylation sites is 2. The number of amides is 1. The maximum atomic E-state index is 11.6. The minimum atomic E-state index is -0.502. The van der Waals surface area contributed by atoms with Gasteiger partial charge < -0.3 is 5.32 Å². The van der Waals surface area contributed by atoms with Crippen molar-refractivity contribution in [2.24, 2.45) is 5.29 Å². The van der Waals surface area contributed by atoms with Crippen LogP contribution in [-0.4, -0.2) is 11.9 Å². The molecule has 1 N–H and O–H groups in total. The predicted molar refractivity (Wildman–Crippen MR) is 57.4 cm³/mol. The van der Waals surface area contributed by atoms with E-state index < -0.39 is 6.04 Å². The summed E-state index contributed by atoms with van der Waals surface area (Å²) < 4.78 is 0. The molecule has 1 amide bonds. The molecule has 0 fully saturated rings. The molecule has 5 nitrogen and oxygen atoms in total. The van der Waals surface area contributed by atoms with Gasteiger partial charge in [-0.15, -0.1) is 4.91 Å². The van der Waals surface area contributed by atoms with Crippen LogP contribution in [0.15, 0.2) is 29.6 Å². The van der Waals surface area contributed by atoms with Crippen molar-refractivity contribution in [2.45, 2.75) is 19.4 Å². The maximum Gasteiger partial charge on any atom is 0.249 e. The van der Waals surface area contributed by atoms with Crippen LogP contribution in [0.25, 0.3) is 0 Å². The van der Waals surface area contributed by atoms with E-state index in [1.807, 2.05) is 6.92 Å². The van der Waals surface area contributed by atoms with Gasteiger partial charge in [0.2, 0.25) is 5.91 Å². The number of nitrogens with zero attached hydrogens (tertiary/aromatic N) is 2. The number of hydrogen-bond acceptors (Lipinski definition) is 3. The molecule has 0 saturated heterocycles. The molecule has 1 aliphatic rings. The first-order chi connectivity index (χ1) is 7.27. The Kier molecular flexibility index (Phi) is 2.37. The van der Waals surface area contributed by atoms with Gasteiger partial charge in [-0.05, 0) is 18.6 Å². The fourth-order valence-electron chi connectivity index (χ4n) is 1.73. The van der Waals surface area contributed by atoms with Crippen molar-refractivity contribution < 1.29 is 4.79 Å². The number of nitrogens with one attached hydrogen (secondary N) is 1. The molecule has 15 heavy (non-hydrogen) atoms. The van der Waals surface area contributed by atoms with Gasteiger partial charge in [-0.3, -0.25) is 4.79 Å². The fourth-order valence-corrected chi connectivity index (χ4v) is 1.73. The first-order valence-corrected chi connectivity index (χ1v) is 4.80. The largest absolute Gasteiger partial charge is 0.322 e. The summed E-state index contributed by atoms with van der Waals surface area (Å²) in [6.45, 7) is 1.84. The van der Waals surface area contributed by atoms with Crippen LogP contribution < -0.4 is 10.3 Å². The summed E-state index contributed by atoms with van der Waals surface area (Å²) in [6.07, 6.45) is 0.548. The van der Waals surface area contributed by atoms with Gasteiger partial charge in [0.15, 0.2) is 0 Å². The third-order valence-corrected chi connectivity index (χ3v) is 2.48. The van der Waals surface area contributed by atoms with Gasteiger partial charge in [-0.1, -0.05) is 19.1 Å². The number of fused-ring (bicyclic) bond motifs is 1. The van der Waals surface area contributed by atoms with Crippen LogP contribution in [0.4, 0.5) is 11.4 Å². The Labute approximate surface area is 87.0 Å². The van der Waals surface area contributed by atoms with E-state index in [9.17, 15) is 9.70 Å². The van der Waals surface area contributed by atoms with Gasteiger partial charge in [0, 0.05) is 0 Å². The summed E-state index contributed by atoms with van der Waals surface area (Å²) in [5, 5.41) is 6.89. The summed E-state index contributed by atoms with van der Waals surface area (Å²) in [6, 6.07) is 6.61. The Morgan fingerprint density at radius 1 is 1.47 bits per heavy atom. The zero-order valence-corrected chi connectivity index (χ0v) is 8.30. The number of rotatable bonds is 2. The van der Waals surface area contributed by atoms with Crippen LogP contribution in [0.5, 0.6) is 0 Å². The van der Waals surface area contributed by atoms with Crippen LogP contribution in [0.1, 0.15) is 13.3 Å². The molecular formula is C10H11N3O2. The summed E-state index contributed by atoms with van der Waals surface area (Å²) in [5.74, 6) is -0.184. The van der Waals surface area contributed by atoms with Crippen molar-refractivity contribution in [3.63, 3.8) is 0 Å². The quantitative estimate of drug-likeness (QED) is 0.750. The van der Waals surface area contributed by atoms with E-state index in [0.29, 0.717) is 17.8 Å². The highest BCUT2D eigenvalue weighted by Crippen LogP contribution is 2.32. The monoisotopic (exact) mass is 205 g/mol. The number of benzene rings is 1. The lowest BCUT2D eigenvalue weighted by Crippen LogP contribution is -2.44. The van der Waals surface area contributed by atoms with Gasteiger partial charge in [0.1, 0.15) is 6.04 Å². The molecule has 2 rings (SSSR count). The lowest BCUT2D eigenvalue weighted by molar-refractivity contribution is -0.117. The molecule has 1 heterocycles. The summed E-state index contributed by atoms with van der Waals surface area (Å²) in [5.41, 5.74) is 1.28. The van der Waals surface area contributed by atoms with E-state index in [1.54, 1.807) is 24.3 Å². The van der Waals surface area contributed by atoms with Gasteiger partial charge >= 0.3 is 0 Å². The Morgan fingerprint density at radius 3 is 2.87 bits per heavy atom. The topological polar surface area (TPSA) is 61.8 Å². The molecule has 0 spiro atoms. The molecule has 0 radical (unpaired) electrons. The van der Waals surface area contributed by atoms with Gasteiger partial charge in [0.25, 0.3) is 0 Å². The zero-order valence-electron chi connectivity index (χ0n) is 8.30. The third-order valence-electron chi connectivity index (χ3n) is 2.48. The number of carbonyl (C=O) groups is 1. The first-order valence-electron chi connectivity index (χ1n) is 4.80. The van der Waals surface area contributed by atoms with E-state index in [2.05, 4.69) is 10.6 Å². The standard InChI is InChI=1S/C10H11N3O2/c1-2-8-10(14)11-7-5-3-4-6-9(7)13(8)12-15/h3-6,8H,2H2,1H3,(H,11,14). The average molecular weight is 205 g/mol. The second-order valence-electron chi connectivity index (χ2n) is 3.36. The Bertz CT molecular complexity index is 405. The van der Waals surface area contributed by atoms with E-state index in [0.717, 1.165) is 0 Å². The Balaban J connectivity index is 2.49. The molecule has 0 saturated carbocycles. The van der Waals surface area contributed by atoms with E-state index in [1.165, 1.54) is 5.01 Å². The van der Waals surface area contributed by atoms with Crippen molar-refractivity contribution in [3.8, 4) is 0 Å². The summed E-state index contributed by atoms with van der Waals surface area (Å²) in [4.78, 5) is 22.3. The van der Waals surface area contributed by atoms with E-state index >= 15 is 0 Å². The first kappa shape index (κ1) is 9.64. The molecule has 1 aromatic rings. The van der Waals surface area contributed by atoms with Gasteiger partial charge in [0.05, 0.1) is 16.7 Å². The number of hydrogen-bond donors (Lipinski definition) is 1. The number of nitroso groups, excluding NO2 is 1. The second-order valence-corrected chi connectivity index (χ2v) is 3.36. The van der Waals surface area contributed by atoms with Crippen LogP contribution in [0, 0.1) is 4.91 Å². The van der Waals surface area contributed by atoms with Crippen LogP contribution >= 0.6 is 0 Å². The molecular weight excluding hydrogens is 194 g/mol. The normalized spacial score (nSPS) is 19.4. The number of carbonyl (C=O) groups excluding carboxylic acids is 1. The minimum Gasteiger partial charge on any atom is -0.322 e. The average Bonchev–Trinajstić information content (AvgIpc) is 2.27. The Morgan fingerprint density at radius 2 is 2.20 bits per heavy atom. The second kappa shape index (κ2) is 3.68.